The van der Waals surface area contributed by atoms with E-state index in [2.05, 4.69) is 20.6 Å². The summed E-state index contributed by atoms with van der Waals surface area (Å²) in [6, 6.07) is 21.5. The zero-order valence-corrected chi connectivity index (χ0v) is 16.7. The van der Waals surface area contributed by atoms with Crippen molar-refractivity contribution in [2.75, 3.05) is 10.6 Å². The molecular weight excluding hydrogens is 360 g/mol. The number of aryl methyl sites for hydroxylation is 3. The van der Waals surface area contributed by atoms with E-state index >= 15 is 0 Å². The summed E-state index contributed by atoms with van der Waals surface area (Å²) >= 11 is 0. The van der Waals surface area contributed by atoms with Gasteiger partial charge in [-0.25, -0.2) is 9.97 Å². The van der Waals surface area contributed by atoms with Crippen LogP contribution in [0.3, 0.4) is 0 Å². The van der Waals surface area contributed by atoms with Crippen LogP contribution in [-0.2, 0) is 0 Å². The van der Waals surface area contributed by atoms with Gasteiger partial charge in [-0.2, -0.15) is 0 Å². The maximum Gasteiger partial charge on any atom is 0.293 e. The van der Waals surface area contributed by atoms with Gasteiger partial charge in [0.1, 0.15) is 5.82 Å². The second kappa shape index (κ2) is 7.72. The summed E-state index contributed by atoms with van der Waals surface area (Å²) in [6.07, 6.45) is 0. The minimum Gasteiger partial charge on any atom is -0.340 e. The second-order valence-corrected chi connectivity index (χ2v) is 7.16. The van der Waals surface area contributed by atoms with Crippen LogP contribution in [0.5, 0.6) is 0 Å². The Labute approximate surface area is 169 Å². The van der Waals surface area contributed by atoms with Crippen molar-refractivity contribution >= 4 is 34.0 Å². The number of amides is 1. The Morgan fingerprint density at radius 1 is 0.793 bits per heavy atom. The van der Waals surface area contributed by atoms with Gasteiger partial charge in [-0.1, -0.05) is 35.9 Å². The van der Waals surface area contributed by atoms with Crippen LogP contribution in [0.1, 0.15) is 27.3 Å². The first kappa shape index (κ1) is 18.6. The Bertz CT molecular complexity index is 1200. The van der Waals surface area contributed by atoms with Crippen molar-refractivity contribution in [2.24, 2.45) is 0 Å². The molecule has 1 aromatic heterocycles. The molecule has 0 saturated carbocycles. The number of hydrogen-bond donors (Lipinski definition) is 2. The van der Waals surface area contributed by atoms with Gasteiger partial charge in [0.05, 0.1) is 5.52 Å². The van der Waals surface area contributed by atoms with Gasteiger partial charge in [-0.3, -0.25) is 4.79 Å². The fraction of sp³-hybridized carbons (Fsp3) is 0.125. The fourth-order valence-electron chi connectivity index (χ4n) is 3.05. The summed E-state index contributed by atoms with van der Waals surface area (Å²) in [5.74, 6) is 0.382. The Morgan fingerprint density at radius 3 is 2.28 bits per heavy atom. The SMILES string of the molecule is Cc1ccc(Nc2nc(C(=O)Nc3ccc(C)c(C)c3)nc3ccccc23)cc1. The predicted molar refractivity (Wildman–Crippen MR) is 118 cm³/mol. The Hall–Kier alpha value is -3.73. The number of fused-ring (bicyclic) bond motifs is 1. The third kappa shape index (κ3) is 4.09. The van der Waals surface area contributed by atoms with E-state index in [-0.39, 0.29) is 11.7 Å². The van der Waals surface area contributed by atoms with E-state index in [1.807, 2.05) is 87.5 Å². The van der Waals surface area contributed by atoms with Crippen LogP contribution in [0.15, 0.2) is 66.7 Å². The summed E-state index contributed by atoms with van der Waals surface area (Å²) < 4.78 is 0. The lowest BCUT2D eigenvalue weighted by Gasteiger charge is -2.12. The van der Waals surface area contributed by atoms with Gasteiger partial charge in [0.15, 0.2) is 0 Å². The molecule has 2 N–H and O–H groups in total. The average Bonchev–Trinajstić information content (AvgIpc) is 2.72. The van der Waals surface area contributed by atoms with Gasteiger partial charge < -0.3 is 10.6 Å². The summed E-state index contributed by atoms with van der Waals surface area (Å²) in [5.41, 5.74) is 5.81. The molecule has 5 heteroatoms. The van der Waals surface area contributed by atoms with E-state index in [9.17, 15) is 4.79 Å². The molecule has 144 valence electrons. The third-order valence-electron chi connectivity index (χ3n) is 4.89. The molecule has 0 bridgehead atoms. The third-order valence-corrected chi connectivity index (χ3v) is 4.89. The number of hydrogen-bond acceptors (Lipinski definition) is 4. The number of benzene rings is 3. The van der Waals surface area contributed by atoms with Crippen molar-refractivity contribution in [1.82, 2.24) is 9.97 Å². The molecule has 5 nitrogen and oxygen atoms in total. The first-order valence-electron chi connectivity index (χ1n) is 9.49. The molecule has 0 fully saturated rings. The lowest BCUT2D eigenvalue weighted by atomic mass is 10.1. The number of aromatic nitrogens is 2. The van der Waals surface area contributed by atoms with E-state index in [1.54, 1.807) is 0 Å². The van der Waals surface area contributed by atoms with Crippen LogP contribution in [0, 0.1) is 20.8 Å². The molecule has 0 aliphatic heterocycles. The lowest BCUT2D eigenvalue weighted by molar-refractivity contribution is 0.101. The first-order valence-corrected chi connectivity index (χ1v) is 9.49. The maximum absolute atomic E-state index is 12.8. The topological polar surface area (TPSA) is 66.9 Å². The summed E-state index contributed by atoms with van der Waals surface area (Å²) in [7, 11) is 0. The van der Waals surface area contributed by atoms with Gasteiger partial charge in [-0.15, -0.1) is 0 Å². The number of anilines is 3. The standard InChI is InChI=1S/C24H22N4O/c1-15-8-11-18(12-9-15)25-22-20-6-4-5-7-21(20)27-23(28-22)24(29)26-19-13-10-16(2)17(3)14-19/h4-14H,1-3H3,(H,26,29)(H,25,27,28). The van der Waals surface area contributed by atoms with E-state index < -0.39 is 0 Å². The van der Waals surface area contributed by atoms with Crippen LogP contribution in [0.25, 0.3) is 10.9 Å². The Balaban J connectivity index is 1.69. The molecule has 0 spiro atoms. The molecule has 0 radical (unpaired) electrons. The normalized spacial score (nSPS) is 10.7. The Morgan fingerprint density at radius 2 is 1.52 bits per heavy atom. The molecule has 0 aliphatic rings. The van der Waals surface area contributed by atoms with Crippen LogP contribution < -0.4 is 10.6 Å². The quantitative estimate of drug-likeness (QED) is 0.485. The number of nitrogens with zero attached hydrogens (tertiary/aromatic N) is 2. The van der Waals surface area contributed by atoms with E-state index in [4.69, 9.17) is 0 Å². The van der Waals surface area contributed by atoms with Gasteiger partial charge in [-0.05, 0) is 68.3 Å². The molecule has 4 aromatic rings. The number of rotatable bonds is 4. The molecular formula is C24H22N4O. The van der Waals surface area contributed by atoms with Gasteiger partial charge >= 0.3 is 0 Å². The minimum absolute atomic E-state index is 0.122. The number of para-hydroxylation sites is 1. The second-order valence-electron chi connectivity index (χ2n) is 7.16. The molecule has 0 unspecified atom stereocenters. The Kier molecular flexibility index (Phi) is 4.96. The summed E-state index contributed by atoms with van der Waals surface area (Å²) in [5, 5.41) is 7.07. The van der Waals surface area contributed by atoms with E-state index in [0.717, 1.165) is 22.3 Å². The monoisotopic (exact) mass is 382 g/mol. The van der Waals surface area contributed by atoms with Crippen LogP contribution >= 0.6 is 0 Å². The van der Waals surface area contributed by atoms with Crippen LogP contribution in [0.2, 0.25) is 0 Å². The highest BCUT2D eigenvalue weighted by molar-refractivity contribution is 6.04. The molecule has 1 amide bonds. The predicted octanol–water partition coefficient (Wildman–Crippen LogP) is 5.55. The highest BCUT2D eigenvalue weighted by Gasteiger charge is 2.15. The number of nitrogens with one attached hydrogen (secondary N) is 2. The largest absolute Gasteiger partial charge is 0.340 e. The van der Waals surface area contributed by atoms with Crippen molar-refractivity contribution in [3.63, 3.8) is 0 Å². The van der Waals surface area contributed by atoms with E-state index in [1.165, 1.54) is 11.1 Å². The van der Waals surface area contributed by atoms with Gasteiger partial charge in [0, 0.05) is 16.8 Å². The molecule has 4 rings (SSSR count). The van der Waals surface area contributed by atoms with Crippen molar-refractivity contribution in [1.29, 1.82) is 0 Å². The lowest BCUT2D eigenvalue weighted by Crippen LogP contribution is -2.16. The van der Waals surface area contributed by atoms with Gasteiger partial charge in [0.25, 0.3) is 5.91 Å². The fourth-order valence-corrected chi connectivity index (χ4v) is 3.05. The molecule has 0 aliphatic carbocycles. The molecule has 0 saturated heterocycles. The maximum atomic E-state index is 12.8. The molecule has 29 heavy (non-hydrogen) atoms. The zero-order valence-electron chi connectivity index (χ0n) is 16.7. The van der Waals surface area contributed by atoms with Crippen LogP contribution in [0.4, 0.5) is 17.2 Å². The number of carbonyl (C=O) groups excluding carboxylic acids is 1. The van der Waals surface area contributed by atoms with Crippen molar-refractivity contribution in [3.05, 3.63) is 89.2 Å². The molecule has 3 aromatic carbocycles. The zero-order chi connectivity index (χ0) is 20.4. The smallest absolute Gasteiger partial charge is 0.293 e. The van der Waals surface area contributed by atoms with E-state index in [0.29, 0.717) is 11.3 Å². The molecule has 0 atom stereocenters. The first-order chi connectivity index (χ1) is 14.0. The van der Waals surface area contributed by atoms with Gasteiger partial charge in [0.2, 0.25) is 5.82 Å². The minimum atomic E-state index is -0.342. The summed E-state index contributed by atoms with van der Waals surface area (Å²) in [4.78, 5) is 21.8. The highest BCUT2D eigenvalue weighted by Crippen LogP contribution is 2.24. The highest BCUT2D eigenvalue weighted by atomic mass is 16.2. The number of carbonyl (C=O) groups is 1. The average molecular weight is 382 g/mol. The van der Waals surface area contributed by atoms with Crippen molar-refractivity contribution in [3.8, 4) is 0 Å². The van der Waals surface area contributed by atoms with Crippen molar-refractivity contribution < 1.29 is 4.79 Å². The van der Waals surface area contributed by atoms with Crippen molar-refractivity contribution in [2.45, 2.75) is 20.8 Å². The van der Waals surface area contributed by atoms with Crippen LogP contribution in [-0.4, -0.2) is 15.9 Å². The summed E-state index contributed by atoms with van der Waals surface area (Å²) in [6.45, 7) is 6.09. The molecule has 1 heterocycles.